The molecule has 3 N–H and O–H groups in total. The van der Waals surface area contributed by atoms with E-state index < -0.39 is 11.7 Å². The molecule has 1 saturated heterocycles. The second-order valence-corrected chi connectivity index (χ2v) is 6.51. The molecule has 1 fully saturated rings. The van der Waals surface area contributed by atoms with Crippen LogP contribution in [0.2, 0.25) is 0 Å². The van der Waals surface area contributed by atoms with Crippen molar-refractivity contribution >= 4 is 0 Å². The minimum absolute atomic E-state index is 0.236. The number of nitrogens with two attached hydrogens (primary N) is 1. The molecule has 7 heteroatoms. The molecule has 24 heavy (non-hydrogen) atoms. The van der Waals surface area contributed by atoms with Crippen LogP contribution in [0.15, 0.2) is 30.5 Å². The average molecular weight is 338 g/mol. The predicted molar refractivity (Wildman–Crippen MR) is 86.1 cm³/mol. The molecule has 2 aromatic rings. The van der Waals surface area contributed by atoms with Crippen molar-refractivity contribution in [3.8, 4) is 11.3 Å². The van der Waals surface area contributed by atoms with Crippen LogP contribution in [0.3, 0.4) is 0 Å². The quantitative estimate of drug-likeness (QED) is 0.903. The first-order chi connectivity index (χ1) is 11.3. The monoisotopic (exact) mass is 338 g/mol. The summed E-state index contributed by atoms with van der Waals surface area (Å²) in [4.78, 5) is 2.31. The van der Waals surface area contributed by atoms with E-state index in [0.29, 0.717) is 18.0 Å². The number of benzene rings is 1. The van der Waals surface area contributed by atoms with Crippen LogP contribution in [0.4, 0.5) is 13.2 Å². The molecule has 0 amide bonds. The first-order valence-electron chi connectivity index (χ1n) is 8.02. The van der Waals surface area contributed by atoms with E-state index in [0.717, 1.165) is 42.9 Å². The van der Waals surface area contributed by atoms with Gasteiger partial charge in [0.15, 0.2) is 0 Å². The lowest BCUT2D eigenvalue weighted by atomic mass is 9.94. The van der Waals surface area contributed by atoms with E-state index in [2.05, 4.69) is 22.0 Å². The standard InChI is InChI=1S/C17H21F3N4/c1-11-9-24(7-6-15(11)21)10-13-8-22-23-16(13)12-2-4-14(5-3-12)17(18,19)20/h2-5,8,11,15H,6-7,9-10,21H2,1H3,(H,22,23). The second kappa shape index (κ2) is 6.57. The molecular formula is C17H21F3N4. The van der Waals surface area contributed by atoms with E-state index >= 15 is 0 Å². The average Bonchev–Trinajstić information content (AvgIpc) is 2.98. The maximum absolute atomic E-state index is 12.7. The highest BCUT2D eigenvalue weighted by Gasteiger charge is 2.30. The van der Waals surface area contributed by atoms with Gasteiger partial charge in [-0.25, -0.2) is 0 Å². The Morgan fingerprint density at radius 2 is 2.00 bits per heavy atom. The van der Waals surface area contributed by atoms with Gasteiger partial charge in [-0.1, -0.05) is 19.1 Å². The molecule has 0 bridgehead atoms. The van der Waals surface area contributed by atoms with Gasteiger partial charge in [-0.05, 0) is 36.6 Å². The molecule has 0 spiro atoms. The molecule has 1 aromatic carbocycles. The Morgan fingerprint density at radius 3 is 2.62 bits per heavy atom. The fourth-order valence-corrected chi connectivity index (χ4v) is 3.14. The number of aromatic nitrogens is 2. The van der Waals surface area contributed by atoms with Crippen molar-refractivity contribution in [2.45, 2.75) is 32.1 Å². The lowest BCUT2D eigenvalue weighted by Gasteiger charge is -2.35. The summed E-state index contributed by atoms with van der Waals surface area (Å²) in [5, 5.41) is 6.98. The Bertz CT molecular complexity index is 678. The van der Waals surface area contributed by atoms with Gasteiger partial charge < -0.3 is 5.73 Å². The number of rotatable bonds is 3. The van der Waals surface area contributed by atoms with Gasteiger partial charge in [0, 0.05) is 24.7 Å². The molecule has 1 aliphatic heterocycles. The highest BCUT2D eigenvalue weighted by atomic mass is 19.4. The molecule has 2 atom stereocenters. The van der Waals surface area contributed by atoms with Crippen molar-refractivity contribution in [2.24, 2.45) is 11.7 Å². The van der Waals surface area contributed by atoms with Crippen LogP contribution in [-0.4, -0.2) is 34.2 Å². The minimum Gasteiger partial charge on any atom is -0.327 e. The minimum atomic E-state index is -4.32. The Balaban J connectivity index is 1.76. The molecule has 2 unspecified atom stereocenters. The number of hydrogen-bond acceptors (Lipinski definition) is 3. The number of nitrogens with one attached hydrogen (secondary N) is 1. The van der Waals surface area contributed by atoms with E-state index in [1.807, 2.05) is 0 Å². The van der Waals surface area contributed by atoms with Crippen LogP contribution < -0.4 is 5.73 Å². The third kappa shape index (κ3) is 3.62. The van der Waals surface area contributed by atoms with Gasteiger partial charge in [0.25, 0.3) is 0 Å². The SMILES string of the molecule is CC1CN(Cc2cn[nH]c2-c2ccc(C(F)(F)F)cc2)CCC1N. The van der Waals surface area contributed by atoms with Gasteiger partial charge in [-0.15, -0.1) is 0 Å². The maximum Gasteiger partial charge on any atom is 0.416 e. The summed E-state index contributed by atoms with van der Waals surface area (Å²) < 4.78 is 38.0. The van der Waals surface area contributed by atoms with Crippen molar-refractivity contribution in [3.05, 3.63) is 41.6 Å². The van der Waals surface area contributed by atoms with Crippen LogP contribution in [0.5, 0.6) is 0 Å². The number of nitrogens with zero attached hydrogens (tertiary/aromatic N) is 2. The molecule has 0 saturated carbocycles. The van der Waals surface area contributed by atoms with Crippen LogP contribution >= 0.6 is 0 Å². The third-order valence-corrected chi connectivity index (χ3v) is 4.67. The Kier molecular flexibility index (Phi) is 4.64. The fourth-order valence-electron chi connectivity index (χ4n) is 3.14. The summed E-state index contributed by atoms with van der Waals surface area (Å²) in [6.45, 7) is 4.69. The van der Waals surface area contributed by atoms with Gasteiger partial charge in [0.05, 0.1) is 17.5 Å². The lowest BCUT2D eigenvalue weighted by molar-refractivity contribution is -0.137. The van der Waals surface area contributed by atoms with E-state index in [-0.39, 0.29) is 6.04 Å². The molecule has 1 aliphatic rings. The van der Waals surface area contributed by atoms with Gasteiger partial charge in [-0.3, -0.25) is 10.00 Å². The van der Waals surface area contributed by atoms with Gasteiger partial charge in [0.1, 0.15) is 0 Å². The molecule has 130 valence electrons. The molecule has 3 rings (SSSR count). The summed E-state index contributed by atoms with van der Waals surface area (Å²) in [5.41, 5.74) is 7.86. The van der Waals surface area contributed by atoms with Gasteiger partial charge in [0.2, 0.25) is 0 Å². The topological polar surface area (TPSA) is 57.9 Å². The lowest BCUT2D eigenvalue weighted by Crippen LogP contribution is -2.45. The van der Waals surface area contributed by atoms with Crippen molar-refractivity contribution in [2.75, 3.05) is 13.1 Å². The van der Waals surface area contributed by atoms with Crippen molar-refractivity contribution in [3.63, 3.8) is 0 Å². The number of halogens is 3. The summed E-state index contributed by atoms with van der Waals surface area (Å²) >= 11 is 0. The fraction of sp³-hybridized carbons (Fsp3) is 0.471. The highest BCUT2D eigenvalue weighted by molar-refractivity contribution is 5.63. The number of piperidine rings is 1. The zero-order chi connectivity index (χ0) is 17.3. The number of likely N-dealkylation sites (tertiary alicyclic amines) is 1. The van der Waals surface area contributed by atoms with Crippen LogP contribution in [0.25, 0.3) is 11.3 Å². The first kappa shape index (κ1) is 17.0. The summed E-state index contributed by atoms with van der Waals surface area (Å²) in [5.74, 6) is 0.431. The summed E-state index contributed by atoms with van der Waals surface area (Å²) in [6, 6.07) is 5.40. The highest BCUT2D eigenvalue weighted by Crippen LogP contribution is 2.31. The number of alkyl halides is 3. The largest absolute Gasteiger partial charge is 0.416 e. The van der Waals surface area contributed by atoms with E-state index in [1.165, 1.54) is 12.1 Å². The zero-order valence-electron chi connectivity index (χ0n) is 13.5. The molecule has 2 heterocycles. The summed E-state index contributed by atoms with van der Waals surface area (Å²) in [7, 11) is 0. The predicted octanol–water partition coefficient (Wildman–Crippen LogP) is 3.26. The number of hydrogen-bond donors (Lipinski definition) is 2. The van der Waals surface area contributed by atoms with Crippen molar-refractivity contribution in [1.82, 2.24) is 15.1 Å². The molecule has 1 aromatic heterocycles. The third-order valence-electron chi connectivity index (χ3n) is 4.67. The van der Waals surface area contributed by atoms with Crippen LogP contribution in [0, 0.1) is 5.92 Å². The number of H-pyrrole nitrogens is 1. The summed E-state index contributed by atoms with van der Waals surface area (Å²) in [6.07, 6.45) is -1.63. The van der Waals surface area contributed by atoms with Gasteiger partial charge >= 0.3 is 6.18 Å². The molecule has 0 radical (unpaired) electrons. The Labute approximate surface area is 138 Å². The van der Waals surface area contributed by atoms with Crippen molar-refractivity contribution < 1.29 is 13.2 Å². The van der Waals surface area contributed by atoms with E-state index in [1.54, 1.807) is 6.20 Å². The van der Waals surface area contributed by atoms with Gasteiger partial charge in [-0.2, -0.15) is 18.3 Å². The first-order valence-corrected chi connectivity index (χ1v) is 8.02. The second-order valence-electron chi connectivity index (χ2n) is 6.51. The Hall–Kier alpha value is -1.86. The van der Waals surface area contributed by atoms with Crippen LogP contribution in [0.1, 0.15) is 24.5 Å². The smallest absolute Gasteiger partial charge is 0.327 e. The van der Waals surface area contributed by atoms with E-state index in [4.69, 9.17) is 5.73 Å². The van der Waals surface area contributed by atoms with Crippen LogP contribution in [-0.2, 0) is 12.7 Å². The maximum atomic E-state index is 12.7. The van der Waals surface area contributed by atoms with E-state index in [9.17, 15) is 13.2 Å². The molecule has 4 nitrogen and oxygen atoms in total. The molecular weight excluding hydrogens is 317 g/mol. The normalized spacial score (nSPS) is 22.7. The zero-order valence-corrected chi connectivity index (χ0v) is 13.5. The molecule has 0 aliphatic carbocycles. The number of aromatic amines is 1. The Morgan fingerprint density at radius 1 is 1.29 bits per heavy atom. The van der Waals surface area contributed by atoms with Crippen molar-refractivity contribution in [1.29, 1.82) is 0 Å².